The SMILES string of the molecule is CC1C[Si]O[Si]C1. The van der Waals surface area contributed by atoms with E-state index in [2.05, 4.69) is 6.92 Å². The van der Waals surface area contributed by atoms with Gasteiger partial charge in [0.15, 0.2) is 0 Å². The average molecular weight is 128 g/mol. The normalized spacial score (nSPS) is 25.3. The van der Waals surface area contributed by atoms with Crippen molar-refractivity contribution >= 4 is 19.5 Å². The molecule has 1 saturated heterocycles. The van der Waals surface area contributed by atoms with Crippen LogP contribution < -0.4 is 0 Å². The molecule has 1 aliphatic heterocycles. The molecule has 0 bridgehead atoms. The Hall–Kier alpha value is 0.394. The molecule has 1 fully saturated rings. The summed E-state index contributed by atoms with van der Waals surface area (Å²) >= 11 is 0. The first kappa shape index (κ1) is 5.53. The van der Waals surface area contributed by atoms with E-state index in [0.717, 1.165) is 25.4 Å². The Bertz CT molecular complexity index is 51.7. The molecule has 0 aliphatic carbocycles. The van der Waals surface area contributed by atoms with E-state index in [-0.39, 0.29) is 0 Å². The highest BCUT2D eigenvalue weighted by atomic mass is 28.3. The summed E-state index contributed by atoms with van der Waals surface area (Å²) in [5.74, 6) is 0.936. The summed E-state index contributed by atoms with van der Waals surface area (Å²) in [7, 11) is 1.59. The van der Waals surface area contributed by atoms with Crippen LogP contribution in [-0.4, -0.2) is 19.5 Å². The molecule has 4 radical (unpaired) electrons. The van der Waals surface area contributed by atoms with Crippen molar-refractivity contribution in [1.82, 2.24) is 0 Å². The lowest BCUT2D eigenvalue weighted by atomic mass is 10.3. The van der Waals surface area contributed by atoms with Gasteiger partial charge in [0.25, 0.3) is 0 Å². The molecule has 0 aromatic heterocycles. The van der Waals surface area contributed by atoms with Gasteiger partial charge in [0.05, 0.1) is 0 Å². The maximum absolute atomic E-state index is 5.20. The van der Waals surface area contributed by atoms with E-state index >= 15 is 0 Å². The Morgan fingerprint density at radius 2 is 2.00 bits per heavy atom. The van der Waals surface area contributed by atoms with E-state index in [4.69, 9.17) is 4.12 Å². The molecule has 0 aromatic rings. The van der Waals surface area contributed by atoms with Crippen LogP contribution >= 0.6 is 0 Å². The van der Waals surface area contributed by atoms with Crippen molar-refractivity contribution in [1.29, 1.82) is 0 Å². The van der Waals surface area contributed by atoms with Crippen LogP contribution in [0.4, 0.5) is 0 Å². The second-order valence-corrected chi connectivity index (χ2v) is 4.11. The summed E-state index contributed by atoms with van der Waals surface area (Å²) in [6, 6.07) is 2.60. The lowest BCUT2D eigenvalue weighted by molar-refractivity contribution is 0.551. The Balaban J connectivity index is 2.12. The molecule has 38 valence electrons. The zero-order valence-electron chi connectivity index (χ0n) is 4.40. The van der Waals surface area contributed by atoms with E-state index in [1.54, 1.807) is 0 Å². The standard InChI is InChI=1S/C4H8OSi2/c1-4-2-6-5-7-3-4/h4H,2-3H2,1H3. The van der Waals surface area contributed by atoms with Gasteiger partial charge in [-0.2, -0.15) is 0 Å². The zero-order valence-corrected chi connectivity index (χ0v) is 6.40. The van der Waals surface area contributed by atoms with E-state index < -0.39 is 0 Å². The Morgan fingerprint density at radius 3 is 2.29 bits per heavy atom. The maximum Gasteiger partial charge on any atom is 0.215 e. The van der Waals surface area contributed by atoms with Crippen molar-refractivity contribution in [3.05, 3.63) is 0 Å². The fourth-order valence-electron chi connectivity index (χ4n) is 0.491. The molecule has 7 heavy (non-hydrogen) atoms. The monoisotopic (exact) mass is 128 g/mol. The van der Waals surface area contributed by atoms with Crippen LogP contribution in [0.3, 0.4) is 0 Å². The lowest BCUT2D eigenvalue weighted by Crippen LogP contribution is -2.16. The molecule has 0 N–H and O–H groups in total. The van der Waals surface area contributed by atoms with Crippen molar-refractivity contribution in [2.45, 2.75) is 19.0 Å². The van der Waals surface area contributed by atoms with Gasteiger partial charge in [-0.3, -0.25) is 0 Å². The first-order valence-corrected chi connectivity index (χ1v) is 4.74. The van der Waals surface area contributed by atoms with Crippen molar-refractivity contribution in [3.8, 4) is 0 Å². The van der Waals surface area contributed by atoms with Gasteiger partial charge < -0.3 is 4.12 Å². The molecular formula is C4H8OSi2. The molecular weight excluding hydrogens is 120 g/mol. The predicted octanol–water partition coefficient (Wildman–Crippen LogP) is 0.728. The molecule has 1 aliphatic rings. The summed E-state index contributed by atoms with van der Waals surface area (Å²) in [5, 5.41) is 0. The number of rotatable bonds is 0. The Morgan fingerprint density at radius 1 is 1.43 bits per heavy atom. The molecule has 0 saturated carbocycles. The highest BCUT2D eigenvalue weighted by Gasteiger charge is 2.09. The van der Waals surface area contributed by atoms with Gasteiger partial charge in [-0.25, -0.2) is 0 Å². The molecule has 1 nitrogen and oxygen atoms in total. The molecule has 0 unspecified atom stereocenters. The Labute approximate surface area is 49.3 Å². The van der Waals surface area contributed by atoms with Crippen LogP contribution in [0.15, 0.2) is 0 Å². The van der Waals surface area contributed by atoms with Crippen molar-refractivity contribution in [3.63, 3.8) is 0 Å². The summed E-state index contributed by atoms with van der Waals surface area (Å²) in [6.07, 6.45) is 0. The van der Waals surface area contributed by atoms with Gasteiger partial charge in [-0.1, -0.05) is 6.92 Å². The van der Waals surface area contributed by atoms with Gasteiger partial charge in [-0.15, -0.1) is 0 Å². The van der Waals surface area contributed by atoms with Gasteiger partial charge in [0.2, 0.25) is 19.5 Å². The lowest BCUT2D eigenvalue weighted by Gasteiger charge is -2.14. The van der Waals surface area contributed by atoms with Crippen molar-refractivity contribution < 1.29 is 4.12 Å². The van der Waals surface area contributed by atoms with E-state index in [1.807, 2.05) is 0 Å². The minimum atomic E-state index is 0.794. The largest absolute Gasteiger partial charge is 0.457 e. The third-order valence-electron chi connectivity index (χ3n) is 1.01. The third kappa shape index (κ3) is 1.75. The molecule has 1 heterocycles. The van der Waals surface area contributed by atoms with Crippen LogP contribution in [0.1, 0.15) is 6.92 Å². The number of hydrogen-bond acceptors (Lipinski definition) is 1. The van der Waals surface area contributed by atoms with Crippen LogP contribution in [0, 0.1) is 5.92 Å². The summed E-state index contributed by atoms with van der Waals surface area (Å²) in [6.45, 7) is 2.29. The Kier molecular flexibility index (Phi) is 2.09. The zero-order chi connectivity index (χ0) is 5.11. The summed E-state index contributed by atoms with van der Waals surface area (Å²) in [4.78, 5) is 0. The minimum Gasteiger partial charge on any atom is -0.457 e. The second-order valence-electron chi connectivity index (χ2n) is 1.90. The average Bonchev–Trinajstić information content (AvgIpc) is 1.69. The summed E-state index contributed by atoms with van der Waals surface area (Å²) in [5.41, 5.74) is 0. The highest BCUT2D eigenvalue weighted by Crippen LogP contribution is 2.11. The highest BCUT2D eigenvalue weighted by molar-refractivity contribution is 6.44. The molecule has 0 spiro atoms. The van der Waals surface area contributed by atoms with Crippen LogP contribution in [0.25, 0.3) is 0 Å². The second kappa shape index (κ2) is 2.64. The van der Waals surface area contributed by atoms with Crippen molar-refractivity contribution in [2.24, 2.45) is 5.92 Å². The van der Waals surface area contributed by atoms with Crippen LogP contribution in [0.2, 0.25) is 12.1 Å². The quantitative estimate of drug-likeness (QED) is 0.437. The third-order valence-corrected chi connectivity index (χ3v) is 3.89. The molecule has 3 heteroatoms. The number of hydrogen-bond donors (Lipinski definition) is 0. The fourth-order valence-corrected chi connectivity index (χ4v) is 2.71. The van der Waals surface area contributed by atoms with Gasteiger partial charge in [0, 0.05) is 0 Å². The van der Waals surface area contributed by atoms with E-state index in [9.17, 15) is 0 Å². The minimum absolute atomic E-state index is 0.794. The topological polar surface area (TPSA) is 9.23 Å². The maximum atomic E-state index is 5.20. The summed E-state index contributed by atoms with van der Waals surface area (Å²) < 4.78 is 5.20. The smallest absolute Gasteiger partial charge is 0.215 e. The molecule has 1 rings (SSSR count). The van der Waals surface area contributed by atoms with E-state index in [1.165, 1.54) is 12.1 Å². The van der Waals surface area contributed by atoms with Crippen LogP contribution in [-0.2, 0) is 4.12 Å². The van der Waals surface area contributed by atoms with Gasteiger partial charge >= 0.3 is 0 Å². The molecule has 0 amide bonds. The fraction of sp³-hybridized carbons (Fsp3) is 1.00. The van der Waals surface area contributed by atoms with Gasteiger partial charge in [0.1, 0.15) is 0 Å². The van der Waals surface area contributed by atoms with E-state index in [0.29, 0.717) is 0 Å². The van der Waals surface area contributed by atoms with Crippen LogP contribution in [0.5, 0.6) is 0 Å². The molecule has 0 aromatic carbocycles. The van der Waals surface area contributed by atoms with Crippen molar-refractivity contribution in [2.75, 3.05) is 0 Å². The first-order valence-electron chi connectivity index (χ1n) is 2.51. The molecule has 0 atom stereocenters. The predicted molar refractivity (Wildman–Crippen MR) is 31.4 cm³/mol. The first-order chi connectivity index (χ1) is 3.39. The van der Waals surface area contributed by atoms with Gasteiger partial charge in [-0.05, 0) is 18.0 Å².